The molecule has 17 heavy (non-hydrogen) atoms. The molecule has 0 aromatic carbocycles. The van der Waals surface area contributed by atoms with E-state index in [1.165, 1.54) is 6.20 Å². The highest BCUT2D eigenvalue weighted by atomic mass is 19.1. The quantitative estimate of drug-likeness (QED) is 0.804. The number of hydrogen-bond acceptors (Lipinski definition) is 3. The molecule has 92 valence electrons. The first-order chi connectivity index (χ1) is 8.04. The number of aryl methyl sites for hydroxylation is 1. The molecule has 0 saturated heterocycles. The van der Waals surface area contributed by atoms with E-state index >= 15 is 0 Å². The number of carbonyl (C=O) groups excluding carboxylic acids is 1. The van der Waals surface area contributed by atoms with E-state index in [1.54, 1.807) is 6.92 Å². The first-order valence-electron chi connectivity index (χ1n) is 5.19. The minimum Gasteiger partial charge on any atom is -0.481 e. The number of carboxylic acids is 1. The number of pyridine rings is 1. The van der Waals surface area contributed by atoms with Crippen molar-refractivity contribution in [3.05, 3.63) is 29.3 Å². The van der Waals surface area contributed by atoms with Gasteiger partial charge in [-0.1, -0.05) is 6.92 Å². The number of halogens is 1. The van der Waals surface area contributed by atoms with Gasteiger partial charge in [0.25, 0.3) is 5.91 Å². The number of aliphatic carboxylic acids is 1. The molecule has 1 aromatic heterocycles. The predicted molar refractivity (Wildman–Crippen MR) is 58.2 cm³/mol. The molecule has 1 amide bonds. The number of nitrogens with one attached hydrogen (secondary N) is 1. The molecule has 0 aliphatic heterocycles. The number of carboxylic acid groups (broad SMARTS) is 1. The summed E-state index contributed by atoms with van der Waals surface area (Å²) in [7, 11) is 0. The van der Waals surface area contributed by atoms with Gasteiger partial charge >= 0.3 is 5.97 Å². The summed E-state index contributed by atoms with van der Waals surface area (Å²) in [5.41, 5.74) is 0.386. The number of aromatic nitrogens is 1. The van der Waals surface area contributed by atoms with Crippen LogP contribution in [0.25, 0.3) is 0 Å². The molecular weight excluding hydrogens is 227 g/mol. The summed E-state index contributed by atoms with van der Waals surface area (Å²) in [6, 6.07) is 1.10. The summed E-state index contributed by atoms with van der Waals surface area (Å²) >= 11 is 0. The van der Waals surface area contributed by atoms with E-state index in [4.69, 9.17) is 5.11 Å². The van der Waals surface area contributed by atoms with E-state index in [0.717, 1.165) is 6.07 Å². The first-order valence-corrected chi connectivity index (χ1v) is 5.19. The molecule has 0 bridgehead atoms. The molecule has 6 heteroatoms. The smallest absolute Gasteiger partial charge is 0.305 e. The van der Waals surface area contributed by atoms with Crippen molar-refractivity contribution in [2.45, 2.75) is 19.8 Å². The van der Waals surface area contributed by atoms with Gasteiger partial charge in [-0.25, -0.2) is 4.39 Å². The lowest BCUT2D eigenvalue weighted by atomic mass is 10.2. The summed E-state index contributed by atoms with van der Waals surface area (Å²) in [5, 5.41) is 10.8. The van der Waals surface area contributed by atoms with Crippen LogP contribution in [-0.4, -0.2) is 28.5 Å². The van der Waals surface area contributed by atoms with Gasteiger partial charge in [-0.05, 0) is 12.5 Å². The molecule has 5 nitrogen and oxygen atoms in total. The van der Waals surface area contributed by atoms with Crippen molar-refractivity contribution in [2.24, 2.45) is 0 Å². The molecule has 0 saturated carbocycles. The van der Waals surface area contributed by atoms with Gasteiger partial charge < -0.3 is 10.4 Å². The van der Waals surface area contributed by atoms with Gasteiger partial charge in [-0.15, -0.1) is 0 Å². The fourth-order valence-electron chi connectivity index (χ4n) is 1.24. The van der Waals surface area contributed by atoms with Crippen LogP contribution in [0.2, 0.25) is 0 Å². The molecule has 0 atom stereocenters. The van der Waals surface area contributed by atoms with E-state index in [2.05, 4.69) is 10.3 Å². The van der Waals surface area contributed by atoms with Gasteiger partial charge in [0.2, 0.25) is 0 Å². The molecule has 0 aliphatic carbocycles. The monoisotopic (exact) mass is 240 g/mol. The zero-order valence-electron chi connectivity index (χ0n) is 9.36. The van der Waals surface area contributed by atoms with Crippen molar-refractivity contribution in [1.29, 1.82) is 0 Å². The summed E-state index contributed by atoms with van der Waals surface area (Å²) < 4.78 is 13.3. The Morgan fingerprint density at radius 2 is 2.24 bits per heavy atom. The Kier molecular flexibility index (Phi) is 4.56. The third kappa shape index (κ3) is 3.82. The van der Waals surface area contributed by atoms with Crippen molar-refractivity contribution in [3.8, 4) is 0 Å². The first kappa shape index (κ1) is 13.1. The number of rotatable bonds is 5. The van der Waals surface area contributed by atoms with Crippen LogP contribution in [0.1, 0.15) is 29.4 Å². The van der Waals surface area contributed by atoms with Gasteiger partial charge in [0.05, 0.1) is 17.7 Å². The van der Waals surface area contributed by atoms with Gasteiger partial charge in [0.15, 0.2) is 0 Å². The SMILES string of the molecule is CCc1ncc(C(=O)NCCC(=O)O)cc1F. The second-order valence-electron chi connectivity index (χ2n) is 3.41. The molecule has 1 aromatic rings. The van der Waals surface area contributed by atoms with Crippen LogP contribution < -0.4 is 5.32 Å². The summed E-state index contributed by atoms with van der Waals surface area (Å²) in [4.78, 5) is 25.5. The number of nitrogens with zero attached hydrogens (tertiary/aromatic N) is 1. The van der Waals surface area contributed by atoms with Crippen LogP contribution in [0.4, 0.5) is 4.39 Å². The van der Waals surface area contributed by atoms with Crippen LogP contribution in [0, 0.1) is 5.82 Å². The third-order valence-corrected chi connectivity index (χ3v) is 2.14. The molecule has 0 aliphatic rings. The normalized spacial score (nSPS) is 10.0. The summed E-state index contributed by atoms with van der Waals surface area (Å²) in [6.07, 6.45) is 1.56. The van der Waals surface area contributed by atoms with Crippen LogP contribution >= 0.6 is 0 Å². The fourth-order valence-corrected chi connectivity index (χ4v) is 1.24. The second-order valence-corrected chi connectivity index (χ2v) is 3.41. The summed E-state index contributed by atoms with van der Waals surface area (Å²) in [5.74, 6) is -2.06. The molecule has 0 unspecified atom stereocenters. The third-order valence-electron chi connectivity index (χ3n) is 2.14. The van der Waals surface area contributed by atoms with Gasteiger partial charge in [-0.2, -0.15) is 0 Å². The maximum Gasteiger partial charge on any atom is 0.305 e. The Labute approximate surface area is 97.7 Å². The maximum atomic E-state index is 13.3. The van der Waals surface area contributed by atoms with Crippen molar-refractivity contribution in [2.75, 3.05) is 6.54 Å². The lowest BCUT2D eigenvalue weighted by Crippen LogP contribution is -2.26. The second kappa shape index (κ2) is 5.93. The van der Waals surface area contributed by atoms with Crippen molar-refractivity contribution >= 4 is 11.9 Å². The van der Waals surface area contributed by atoms with Crippen LogP contribution in [0.5, 0.6) is 0 Å². The van der Waals surface area contributed by atoms with Gasteiger partial charge in [0.1, 0.15) is 5.82 Å². The van der Waals surface area contributed by atoms with Crippen LogP contribution in [-0.2, 0) is 11.2 Å². The Morgan fingerprint density at radius 1 is 1.53 bits per heavy atom. The van der Waals surface area contributed by atoms with E-state index in [-0.39, 0.29) is 18.5 Å². The topological polar surface area (TPSA) is 79.3 Å². The lowest BCUT2D eigenvalue weighted by molar-refractivity contribution is -0.136. The number of hydrogen-bond donors (Lipinski definition) is 2. The molecule has 2 N–H and O–H groups in total. The standard InChI is InChI=1S/C11H13FN2O3/c1-2-9-8(12)5-7(6-14-9)11(17)13-4-3-10(15)16/h5-6H,2-4H2,1H3,(H,13,17)(H,15,16). The van der Waals surface area contributed by atoms with E-state index < -0.39 is 17.7 Å². The van der Waals surface area contributed by atoms with E-state index in [1.807, 2.05) is 0 Å². The Morgan fingerprint density at radius 3 is 2.76 bits per heavy atom. The van der Waals surface area contributed by atoms with Gasteiger partial charge in [-0.3, -0.25) is 14.6 Å². The molecule has 0 fully saturated rings. The lowest BCUT2D eigenvalue weighted by Gasteiger charge is -2.04. The number of carbonyl (C=O) groups is 2. The number of amides is 1. The Hall–Kier alpha value is -1.98. The molecular formula is C11H13FN2O3. The van der Waals surface area contributed by atoms with Crippen molar-refractivity contribution < 1.29 is 19.1 Å². The molecule has 1 rings (SSSR count). The average Bonchev–Trinajstić information content (AvgIpc) is 2.28. The van der Waals surface area contributed by atoms with Crippen molar-refractivity contribution in [1.82, 2.24) is 10.3 Å². The maximum absolute atomic E-state index is 13.3. The average molecular weight is 240 g/mol. The molecule has 1 heterocycles. The minimum absolute atomic E-state index is 0.00527. The fraction of sp³-hybridized carbons (Fsp3) is 0.364. The molecule has 0 radical (unpaired) electrons. The van der Waals surface area contributed by atoms with Crippen molar-refractivity contribution in [3.63, 3.8) is 0 Å². The highest BCUT2D eigenvalue weighted by Crippen LogP contribution is 2.07. The Bertz CT molecular complexity index is 435. The Balaban J connectivity index is 2.63. The summed E-state index contributed by atoms with van der Waals surface area (Å²) in [6.45, 7) is 1.77. The van der Waals surface area contributed by atoms with E-state index in [9.17, 15) is 14.0 Å². The zero-order valence-corrected chi connectivity index (χ0v) is 9.36. The van der Waals surface area contributed by atoms with E-state index in [0.29, 0.717) is 12.1 Å². The minimum atomic E-state index is -1.00. The van der Waals surface area contributed by atoms with Crippen LogP contribution in [0.3, 0.4) is 0 Å². The van der Waals surface area contributed by atoms with Crippen LogP contribution in [0.15, 0.2) is 12.3 Å². The predicted octanol–water partition coefficient (Wildman–Crippen LogP) is 0.988. The highest BCUT2D eigenvalue weighted by molar-refractivity contribution is 5.94. The largest absolute Gasteiger partial charge is 0.481 e. The highest BCUT2D eigenvalue weighted by Gasteiger charge is 2.10. The zero-order chi connectivity index (χ0) is 12.8. The van der Waals surface area contributed by atoms with Gasteiger partial charge in [0, 0.05) is 12.7 Å². The molecule has 0 spiro atoms.